The topological polar surface area (TPSA) is 107 Å². The van der Waals surface area contributed by atoms with Gasteiger partial charge in [0.15, 0.2) is 0 Å². The van der Waals surface area contributed by atoms with Crippen molar-refractivity contribution in [1.82, 2.24) is 4.72 Å². The summed E-state index contributed by atoms with van der Waals surface area (Å²) in [6.07, 6.45) is -0.466. The van der Waals surface area contributed by atoms with Crippen molar-refractivity contribution < 1.29 is 18.3 Å². The molecule has 0 aliphatic heterocycles. The molecule has 0 heterocycles. The van der Waals surface area contributed by atoms with Crippen LogP contribution < -0.4 is 4.72 Å². The smallest absolute Gasteiger partial charge is 0.303 e. The minimum atomic E-state index is -4.01. The van der Waals surface area contributed by atoms with E-state index in [9.17, 15) is 13.2 Å². The number of carbonyl (C=O) groups is 1. The molecule has 0 rings (SSSR count). The molecule has 0 spiro atoms. The highest BCUT2D eigenvalue weighted by Gasteiger charge is 2.42. The molecular weight excluding hydrogens is 328 g/mol. The zero-order valence-corrected chi connectivity index (χ0v) is 13.9. The minimum Gasteiger partial charge on any atom is -0.481 e. The summed E-state index contributed by atoms with van der Waals surface area (Å²) in [5.41, 5.74) is -1.51. The van der Waals surface area contributed by atoms with Crippen LogP contribution in [0, 0.1) is 11.3 Å². The van der Waals surface area contributed by atoms with Crippen molar-refractivity contribution in [2.75, 3.05) is 5.75 Å². The van der Waals surface area contributed by atoms with Crippen molar-refractivity contribution in [1.29, 1.82) is 5.26 Å². The van der Waals surface area contributed by atoms with Crippen LogP contribution in [0.15, 0.2) is 0 Å². The maximum Gasteiger partial charge on any atom is 0.303 e. The number of nitrogens with zero attached hydrogens (tertiary/aromatic N) is 1. The van der Waals surface area contributed by atoms with Gasteiger partial charge >= 0.3 is 5.97 Å². The van der Waals surface area contributed by atoms with Crippen molar-refractivity contribution in [3.05, 3.63) is 0 Å². The Morgan fingerprint density at radius 2 is 2.05 bits per heavy atom. The molecule has 1 unspecified atom stereocenters. The van der Waals surface area contributed by atoms with Gasteiger partial charge in [0, 0.05) is 6.42 Å². The fraction of sp³-hybridized carbons (Fsp3) is 0.778. The molecule has 1 atom stereocenters. The quantitative estimate of drug-likeness (QED) is 0.390. The average molecular weight is 345 g/mol. The first-order valence-corrected chi connectivity index (χ1v) is 8.61. The van der Waals surface area contributed by atoms with E-state index in [2.05, 4.69) is 30.0 Å². The van der Waals surface area contributed by atoms with Crippen molar-refractivity contribution in [2.45, 2.75) is 35.0 Å². The predicted molar refractivity (Wildman–Crippen MR) is 81.8 cm³/mol. The van der Waals surface area contributed by atoms with Gasteiger partial charge in [-0.15, -0.1) is 37.0 Å². The normalized spacial score (nSPS) is 15.5. The van der Waals surface area contributed by atoms with Gasteiger partial charge in [0.05, 0.1) is 6.07 Å². The number of aliphatic carboxylic acids is 1. The number of rotatable bonds is 8. The molecule has 0 aliphatic rings. The molecule has 19 heavy (non-hydrogen) atoms. The van der Waals surface area contributed by atoms with E-state index in [-0.39, 0.29) is 12.8 Å². The zero-order valence-electron chi connectivity index (χ0n) is 10.5. The van der Waals surface area contributed by atoms with Crippen LogP contribution in [0.2, 0.25) is 0 Å². The Morgan fingerprint density at radius 3 is 2.42 bits per heavy atom. The van der Waals surface area contributed by atoms with Crippen LogP contribution in [0.1, 0.15) is 26.7 Å². The van der Waals surface area contributed by atoms with Gasteiger partial charge in [-0.1, -0.05) is 6.92 Å². The van der Waals surface area contributed by atoms with Crippen molar-refractivity contribution >= 4 is 53.0 Å². The zero-order chi connectivity index (χ0) is 15.3. The van der Waals surface area contributed by atoms with Gasteiger partial charge in [0.25, 0.3) is 0 Å². The third-order valence-electron chi connectivity index (χ3n) is 2.13. The molecule has 10 heteroatoms. The Bertz CT molecular complexity index is 471. The van der Waals surface area contributed by atoms with Gasteiger partial charge in [0.2, 0.25) is 12.8 Å². The van der Waals surface area contributed by atoms with Crippen LogP contribution >= 0.6 is 37.0 Å². The van der Waals surface area contributed by atoms with E-state index in [1.807, 2.05) is 0 Å². The van der Waals surface area contributed by atoms with E-state index < -0.39 is 24.3 Å². The highest BCUT2D eigenvalue weighted by atomic mass is 32.3. The summed E-state index contributed by atoms with van der Waals surface area (Å²) in [5.74, 6) is -0.640. The molecule has 6 nitrogen and oxygen atoms in total. The maximum absolute atomic E-state index is 12.1. The van der Waals surface area contributed by atoms with Crippen LogP contribution in [0.5, 0.6) is 0 Å². The first-order valence-electron chi connectivity index (χ1n) is 5.25. The minimum absolute atomic E-state index is 0.146. The van der Waals surface area contributed by atoms with Gasteiger partial charge in [0.1, 0.15) is 5.54 Å². The van der Waals surface area contributed by atoms with Crippen molar-refractivity contribution in [3.8, 4) is 6.07 Å². The Kier molecular flexibility index (Phi) is 7.05. The van der Waals surface area contributed by atoms with Crippen LogP contribution in [0.4, 0.5) is 0 Å². The van der Waals surface area contributed by atoms with Crippen LogP contribution in [-0.4, -0.2) is 33.5 Å². The number of carboxylic acids is 1. The highest BCUT2D eigenvalue weighted by molar-refractivity contribution is 8.38. The Labute approximate surface area is 128 Å². The van der Waals surface area contributed by atoms with Gasteiger partial charge in [-0.2, -0.15) is 9.98 Å². The lowest BCUT2D eigenvalue weighted by atomic mass is 9.99. The standard InChI is InChI=1S/C9H16N2O4S4/c1-3-18-9(16,17)19(14,15)11-8(2,6-10)5-4-7(12)13/h11,16-17H,3-5H2,1-2H3,(H,12,13). The predicted octanol–water partition coefficient (Wildman–Crippen LogP) is 1.28. The van der Waals surface area contributed by atoms with Gasteiger partial charge in [-0.05, 0) is 19.1 Å². The lowest BCUT2D eigenvalue weighted by Crippen LogP contribution is -2.49. The molecule has 0 fully saturated rings. The van der Waals surface area contributed by atoms with Gasteiger partial charge in [-0.3, -0.25) is 4.79 Å². The average Bonchev–Trinajstić information content (AvgIpc) is 2.25. The largest absolute Gasteiger partial charge is 0.481 e. The molecule has 2 N–H and O–H groups in total. The third kappa shape index (κ3) is 5.83. The van der Waals surface area contributed by atoms with Crippen LogP contribution in [0.25, 0.3) is 0 Å². The summed E-state index contributed by atoms with van der Waals surface area (Å²) < 4.78 is 24.6. The second-order valence-corrected chi connectivity index (χ2v) is 10.4. The number of hydrogen-bond donors (Lipinski definition) is 4. The maximum atomic E-state index is 12.1. The SMILES string of the molecule is CCSC(S)(S)S(=O)(=O)NC(C)(C#N)CCC(=O)O. The van der Waals surface area contributed by atoms with Crippen molar-refractivity contribution in [2.24, 2.45) is 0 Å². The second-order valence-electron chi connectivity index (χ2n) is 3.92. The third-order valence-corrected chi connectivity index (χ3v) is 7.44. The fourth-order valence-electron chi connectivity index (χ4n) is 1.12. The van der Waals surface area contributed by atoms with Crippen molar-refractivity contribution in [3.63, 3.8) is 0 Å². The number of thiol groups is 2. The number of sulfonamides is 1. The molecule has 0 aromatic heterocycles. The first-order chi connectivity index (χ1) is 8.49. The van der Waals surface area contributed by atoms with E-state index >= 15 is 0 Å². The van der Waals surface area contributed by atoms with E-state index in [1.165, 1.54) is 6.92 Å². The summed E-state index contributed by atoms with van der Waals surface area (Å²) in [6, 6.07) is 1.77. The summed E-state index contributed by atoms with van der Waals surface area (Å²) in [4.78, 5) is 10.5. The monoisotopic (exact) mass is 344 g/mol. The van der Waals surface area contributed by atoms with E-state index in [0.29, 0.717) is 5.75 Å². The first kappa shape index (κ1) is 18.9. The number of hydrogen-bond acceptors (Lipinski definition) is 7. The molecule has 110 valence electrons. The second kappa shape index (κ2) is 7.08. The van der Waals surface area contributed by atoms with E-state index in [1.54, 1.807) is 13.0 Å². The molecule has 0 aliphatic carbocycles. The number of carboxylic acid groups (broad SMARTS) is 1. The van der Waals surface area contributed by atoms with Gasteiger partial charge < -0.3 is 5.11 Å². The Hall–Kier alpha value is -0.0800. The lowest BCUT2D eigenvalue weighted by Gasteiger charge is -2.28. The molecule has 0 bridgehead atoms. The molecule has 0 saturated heterocycles. The Morgan fingerprint density at radius 1 is 1.53 bits per heavy atom. The molecule has 0 saturated carbocycles. The Balaban J connectivity index is 5.07. The number of nitriles is 1. The fourth-order valence-corrected chi connectivity index (χ4v) is 4.51. The van der Waals surface area contributed by atoms with Crippen LogP contribution in [0.3, 0.4) is 0 Å². The molecule has 0 aromatic carbocycles. The molecular formula is C9H16N2O4S4. The highest BCUT2D eigenvalue weighted by Crippen LogP contribution is 2.39. The lowest BCUT2D eigenvalue weighted by molar-refractivity contribution is -0.137. The summed E-state index contributed by atoms with van der Waals surface area (Å²) in [6.45, 7) is 3.07. The molecule has 0 amide bonds. The van der Waals surface area contributed by atoms with Gasteiger partial charge in [-0.25, -0.2) is 8.42 Å². The summed E-state index contributed by atoms with van der Waals surface area (Å²) in [5, 5.41) is 17.6. The number of thioether (sulfide) groups is 1. The van der Waals surface area contributed by atoms with E-state index in [4.69, 9.17) is 10.4 Å². The van der Waals surface area contributed by atoms with E-state index in [0.717, 1.165) is 11.8 Å². The summed E-state index contributed by atoms with van der Waals surface area (Å²) >= 11 is 8.88. The summed E-state index contributed by atoms with van der Waals surface area (Å²) in [7, 11) is -4.01. The molecule has 0 aromatic rings. The number of nitrogens with one attached hydrogen (secondary N) is 1. The molecule has 0 radical (unpaired) electrons. The van der Waals surface area contributed by atoms with Crippen LogP contribution in [-0.2, 0) is 14.8 Å².